The Morgan fingerprint density at radius 3 is 2.35 bits per heavy atom. The largest absolute Gasteiger partial charge is 0.497 e. The molecule has 2 rings (SSSR count). The van der Waals surface area contributed by atoms with Gasteiger partial charge in [0.1, 0.15) is 5.75 Å². The van der Waals surface area contributed by atoms with E-state index in [1.54, 1.807) is 31.2 Å². The van der Waals surface area contributed by atoms with Crippen LogP contribution in [0.1, 0.15) is 18.9 Å². The first-order valence-corrected chi connectivity index (χ1v) is 8.02. The maximum atomic E-state index is 13.1. The number of benzene rings is 1. The second-order valence-electron chi connectivity index (χ2n) is 6.14. The first kappa shape index (κ1) is 19.9. The monoisotopic (exact) mass is 374 g/mol. The van der Waals surface area contributed by atoms with Crippen LogP contribution in [0.15, 0.2) is 24.3 Å². The lowest BCUT2D eigenvalue weighted by Crippen LogP contribution is -2.48. The van der Waals surface area contributed by atoms with Crippen LogP contribution < -0.4 is 4.74 Å². The molecule has 0 saturated carbocycles. The second kappa shape index (κ2) is 7.84. The average molecular weight is 374 g/mol. The van der Waals surface area contributed by atoms with Crippen molar-refractivity contribution in [3.05, 3.63) is 29.8 Å². The van der Waals surface area contributed by atoms with Gasteiger partial charge < -0.3 is 19.3 Å². The maximum Gasteiger partial charge on any atom is 0.471 e. The zero-order valence-corrected chi connectivity index (χ0v) is 14.7. The van der Waals surface area contributed by atoms with E-state index < -0.39 is 24.2 Å². The van der Waals surface area contributed by atoms with Crippen LogP contribution in [0.5, 0.6) is 5.75 Å². The highest BCUT2D eigenvalue weighted by atomic mass is 19.4. The molecule has 0 radical (unpaired) electrons. The van der Waals surface area contributed by atoms with Gasteiger partial charge in [0, 0.05) is 19.1 Å². The molecule has 0 aliphatic carbocycles. The predicted octanol–water partition coefficient (Wildman–Crippen LogP) is 2.82. The number of nitrogens with zero attached hydrogens (tertiary/aromatic N) is 2. The number of carbonyl (C=O) groups excluding carboxylic acids is 2. The highest BCUT2D eigenvalue weighted by molar-refractivity contribution is 5.82. The Kier molecular flexibility index (Phi) is 5.99. The van der Waals surface area contributed by atoms with E-state index in [1.807, 2.05) is 0 Å². The van der Waals surface area contributed by atoms with Crippen LogP contribution >= 0.6 is 0 Å². The number of amides is 2. The number of hydrogen-bond donors (Lipinski definition) is 0. The number of methoxy groups -OCH3 is 2. The van der Waals surface area contributed by atoms with E-state index in [0.29, 0.717) is 11.3 Å². The standard InChI is InChI=1S/C17H21F3N2O4/c1-11-8-13(10-21(11)16(24)26-3)22(15(23)17(18,19)20)9-12-4-6-14(25-2)7-5-12/h4-7,11,13H,8-10H2,1-3H3. The van der Waals surface area contributed by atoms with Crippen molar-refractivity contribution < 1.29 is 32.2 Å². The Morgan fingerprint density at radius 1 is 1.23 bits per heavy atom. The fraction of sp³-hybridized carbons (Fsp3) is 0.529. The van der Waals surface area contributed by atoms with E-state index in [-0.39, 0.29) is 25.6 Å². The van der Waals surface area contributed by atoms with Crippen molar-refractivity contribution >= 4 is 12.0 Å². The number of rotatable bonds is 4. The van der Waals surface area contributed by atoms with Crippen molar-refractivity contribution in [1.29, 1.82) is 0 Å². The van der Waals surface area contributed by atoms with Crippen molar-refractivity contribution in [2.24, 2.45) is 0 Å². The smallest absolute Gasteiger partial charge is 0.471 e. The van der Waals surface area contributed by atoms with Gasteiger partial charge in [-0.25, -0.2) is 4.79 Å². The third-order valence-corrected chi connectivity index (χ3v) is 4.42. The van der Waals surface area contributed by atoms with E-state index in [0.717, 1.165) is 4.90 Å². The van der Waals surface area contributed by atoms with Gasteiger partial charge >= 0.3 is 18.2 Å². The van der Waals surface area contributed by atoms with Crippen LogP contribution in [0.3, 0.4) is 0 Å². The molecule has 26 heavy (non-hydrogen) atoms. The average Bonchev–Trinajstić information content (AvgIpc) is 2.99. The van der Waals surface area contributed by atoms with Gasteiger partial charge in [0.25, 0.3) is 0 Å². The molecular weight excluding hydrogens is 353 g/mol. The molecule has 6 nitrogen and oxygen atoms in total. The van der Waals surface area contributed by atoms with Gasteiger partial charge in [-0.15, -0.1) is 0 Å². The van der Waals surface area contributed by atoms with E-state index >= 15 is 0 Å². The molecule has 2 unspecified atom stereocenters. The molecule has 1 aliphatic rings. The lowest BCUT2D eigenvalue weighted by atomic mass is 10.1. The van der Waals surface area contributed by atoms with Crippen molar-refractivity contribution in [1.82, 2.24) is 9.80 Å². The Balaban J connectivity index is 2.24. The Bertz CT molecular complexity index is 648. The lowest BCUT2D eigenvalue weighted by molar-refractivity contribution is -0.188. The number of hydrogen-bond acceptors (Lipinski definition) is 4. The summed E-state index contributed by atoms with van der Waals surface area (Å²) in [4.78, 5) is 25.8. The molecule has 1 aromatic rings. The molecule has 9 heteroatoms. The summed E-state index contributed by atoms with van der Waals surface area (Å²) < 4.78 is 48.9. The van der Waals surface area contributed by atoms with E-state index in [4.69, 9.17) is 4.74 Å². The highest BCUT2D eigenvalue weighted by Gasteiger charge is 2.47. The van der Waals surface area contributed by atoms with Crippen molar-refractivity contribution in [3.63, 3.8) is 0 Å². The normalized spacial score (nSPS) is 20.0. The first-order chi connectivity index (χ1) is 12.2. The topological polar surface area (TPSA) is 59.1 Å². The van der Waals surface area contributed by atoms with Crippen LogP contribution in [0.2, 0.25) is 0 Å². The Labute approximate surface area is 149 Å². The Morgan fingerprint density at radius 2 is 1.85 bits per heavy atom. The summed E-state index contributed by atoms with van der Waals surface area (Å²) >= 11 is 0. The van der Waals surface area contributed by atoms with Gasteiger partial charge in [0.2, 0.25) is 0 Å². The van der Waals surface area contributed by atoms with Crippen molar-refractivity contribution in [3.8, 4) is 5.75 Å². The fourth-order valence-electron chi connectivity index (χ4n) is 3.06. The quantitative estimate of drug-likeness (QED) is 0.813. The van der Waals surface area contributed by atoms with Crippen LogP contribution in [-0.4, -0.2) is 60.8 Å². The van der Waals surface area contributed by atoms with Crippen molar-refractivity contribution in [2.75, 3.05) is 20.8 Å². The highest BCUT2D eigenvalue weighted by Crippen LogP contribution is 2.29. The van der Waals surface area contributed by atoms with Crippen LogP contribution in [-0.2, 0) is 16.1 Å². The van der Waals surface area contributed by atoms with Gasteiger partial charge in [-0.2, -0.15) is 13.2 Å². The molecule has 2 amide bonds. The van der Waals surface area contributed by atoms with E-state index in [2.05, 4.69) is 4.74 Å². The third kappa shape index (κ3) is 4.39. The minimum Gasteiger partial charge on any atom is -0.497 e. The molecule has 0 bridgehead atoms. The summed E-state index contributed by atoms with van der Waals surface area (Å²) in [5, 5.41) is 0. The maximum absolute atomic E-state index is 13.1. The summed E-state index contributed by atoms with van der Waals surface area (Å²) in [5.74, 6) is -1.36. The minimum absolute atomic E-state index is 0.00812. The zero-order chi connectivity index (χ0) is 19.5. The van der Waals surface area contributed by atoms with Crippen molar-refractivity contribution in [2.45, 2.75) is 38.1 Å². The third-order valence-electron chi connectivity index (χ3n) is 4.42. The molecule has 1 aromatic carbocycles. The van der Waals surface area contributed by atoms with Gasteiger partial charge in [-0.3, -0.25) is 4.79 Å². The summed E-state index contributed by atoms with van der Waals surface area (Å²) in [5.41, 5.74) is 0.535. The number of likely N-dealkylation sites (tertiary alicyclic amines) is 1. The number of alkyl halides is 3. The summed E-state index contributed by atoms with van der Waals surface area (Å²) in [7, 11) is 2.69. The van der Waals surface area contributed by atoms with Gasteiger partial charge in [0.15, 0.2) is 0 Å². The molecule has 0 spiro atoms. The lowest BCUT2D eigenvalue weighted by Gasteiger charge is -2.29. The summed E-state index contributed by atoms with van der Waals surface area (Å²) in [6, 6.07) is 5.36. The van der Waals surface area contributed by atoms with Gasteiger partial charge in [-0.05, 0) is 31.0 Å². The molecule has 0 aromatic heterocycles. The van der Waals surface area contributed by atoms with E-state index in [1.165, 1.54) is 19.1 Å². The number of carbonyl (C=O) groups is 2. The zero-order valence-electron chi connectivity index (χ0n) is 14.7. The van der Waals surface area contributed by atoms with Gasteiger partial charge in [0.05, 0.1) is 20.3 Å². The van der Waals surface area contributed by atoms with Crippen LogP contribution in [0, 0.1) is 0 Å². The number of halogens is 3. The molecule has 1 saturated heterocycles. The van der Waals surface area contributed by atoms with Crippen LogP contribution in [0.25, 0.3) is 0 Å². The predicted molar refractivity (Wildman–Crippen MR) is 86.6 cm³/mol. The van der Waals surface area contributed by atoms with E-state index in [9.17, 15) is 22.8 Å². The molecule has 1 heterocycles. The van der Waals surface area contributed by atoms with Crippen LogP contribution in [0.4, 0.5) is 18.0 Å². The molecule has 0 N–H and O–H groups in total. The fourth-order valence-corrected chi connectivity index (χ4v) is 3.06. The Hall–Kier alpha value is -2.45. The number of ether oxygens (including phenoxy) is 2. The minimum atomic E-state index is -4.99. The molecule has 1 fully saturated rings. The summed E-state index contributed by atoms with van der Waals surface area (Å²) in [6.45, 7) is 1.49. The molecule has 2 atom stereocenters. The first-order valence-electron chi connectivity index (χ1n) is 8.02. The summed E-state index contributed by atoms with van der Waals surface area (Å²) in [6.07, 6.45) is -5.37. The molecule has 1 aliphatic heterocycles. The van der Waals surface area contributed by atoms with Gasteiger partial charge in [-0.1, -0.05) is 12.1 Å². The molecule has 144 valence electrons. The second-order valence-corrected chi connectivity index (χ2v) is 6.14. The molecular formula is C17H21F3N2O4. The SMILES string of the molecule is COC(=O)N1CC(N(Cc2ccc(OC)cc2)C(=O)C(F)(F)F)CC1C.